The highest BCUT2D eigenvalue weighted by Gasteiger charge is 2.39. The Labute approximate surface area is 207 Å². The summed E-state index contributed by atoms with van der Waals surface area (Å²) in [6.07, 6.45) is 5.30. The van der Waals surface area contributed by atoms with Crippen molar-refractivity contribution in [2.45, 2.75) is 45.1 Å². The number of hydrogen-bond acceptors (Lipinski definition) is 10. The third kappa shape index (κ3) is 5.66. The van der Waals surface area contributed by atoms with E-state index in [1.807, 2.05) is 19.1 Å². The number of methoxy groups -OCH3 is 1. The summed E-state index contributed by atoms with van der Waals surface area (Å²) in [5.74, 6) is 0.227. The summed E-state index contributed by atoms with van der Waals surface area (Å²) in [6, 6.07) is 7.00. The van der Waals surface area contributed by atoms with E-state index >= 15 is 0 Å². The molecule has 0 aromatic carbocycles. The molecule has 35 heavy (non-hydrogen) atoms. The average Bonchev–Trinajstić information content (AvgIpc) is 3.35. The molecular formula is C25H28N4O5S. The number of aromatic nitrogens is 3. The maximum absolute atomic E-state index is 12.0. The van der Waals surface area contributed by atoms with Gasteiger partial charge in [0.1, 0.15) is 22.2 Å². The summed E-state index contributed by atoms with van der Waals surface area (Å²) in [5.41, 5.74) is 1.01. The van der Waals surface area contributed by atoms with Crippen molar-refractivity contribution < 1.29 is 24.2 Å². The third-order valence-electron chi connectivity index (χ3n) is 6.00. The van der Waals surface area contributed by atoms with Crippen molar-refractivity contribution in [1.29, 1.82) is 0 Å². The minimum Gasteiger partial charge on any atom is -0.466 e. The van der Waals surface area contributed by atoms with Crippen LogP contribution in [-0.4, -0.2) is 45.7 Å². The summed E-state index contributed by atoms with van der Waals surface area (Å²) in [7, 11) is 1.33. The molecule has 0 radical (unpaired) electrons. The van der Waals surface area contributed by atoms with Gasteiger partial charge >= 0.3 is 11.9 Å². The van der Waals surface area contributed by atoms with Crippen LogP contribution in [0.3, 0.4) is 0 Å². The smallest absolute Gasteiger partial charge is 0.338 e. The number of hydrogen-bond donors (Lipinski definition) is 2. The number of anilines is 2. The van der Waals surface area contributed by atoms with Crippen molar-refractivity contribution in [3.63, 3.8) is 0 Å². The summed E-state index contributed by atoms with van der Waals surface area (Å²) in [4.78, 5) is 38.1. The first-order valence-corrected chi connectivity index (χ1v) is 12.3. The minimum atomic E-state index is -1.06. The second-order valence-electron chi connectivity index (χ2n) is 8.55. The lowest BCUT2D eigenvalue weighted by Gasteiger charge is -2.33. The zero-order valence-electron chi connectivity index (χ0n) is 19.9. The van der Waals surface area contributed by atoms with E-state index in [4.69, 9.17) is 14.5 Å². The summed E-state index contributed by atoms with van der Waals surface area (Å²) >= 11 is 1.40. The lowest BCUT2D eigenvalue weighted by Crippen LogP contribution is -2.34. The van der Waals surface area contributed by atoms with Gasteiger partial charge in [-0.3, -0.25) is 4.79 Å². The average molecular weight is 497 g/mol. The van der Waals surface area contributed by atoms with Gasteiger partial charge in [0.2, 0.25) is 0 Å². The quantitative estimate of drug-likeness (QED) is 0.459. The number of nitrogens with one attached hydrogen (secondary N) is 1. The number of rotatable bonds is 7. The molecule has 10 heteroatoms. The van der Waals surface area contributed by atoms with Crippen LogP contribution in [0.15, 0.2) is 36.7 Å². The van der Waals surface area contributed by atoms with Gasteiger partial charge in [0.25, 0.3) is 0 Å². The lowest BCUT2D eigenvalue weighted by molar-refractivity contribution is -0.151. The van der Waals surface area contributed by atoms with E-state index in [-0.39, 0.29) is 11.9 Å². The summed E-state index contributed by atoms with van der Waals surface area (Å²) < 4.78 is 9.90. The van der Waals surface area contributed by atoms with Crippen LogP contribution in [0.1, 0.15) is 53.5 Å². The molecule has 0 spiro atoms. The van der Waals surface area contributed by atoms with Crippen LogP contribution in [0.2, 0.25) is 0 Å². The number of thiazole rings is 1. The zero-order valence-corrected chi connectivity index (χ0v) is 20.7. The summed E-state index contributed by atoms with van der Waals surface area (Å²) in [5, 5.41) is 15.0. The Morgan fingerprint density at radius 3 is 2.69 bits per heavy atom. The zero-order chi connectivity index (χ0) is 25.0. The first kappa shape index (κ1) is 24.7. The Bertz CT molecular complexity index is 1220. The van der Waals surface area contributed by atoms with Gasteiger partial charge in [0, 0.05) is 12.4 Å². The van der Waals surface area contributed by atoms with Crippen LogP contribution < -0.4 is 5.32 Å². The molecule has 0 aliphatic heterocycles. The molecule has 1 fully saturated rings. The molecule has 9 nitrogen and oxygen atoms in total. The number of ether oxygens (including phenoxy) is 2. The fourth-order valence-electron chi connectivity index (χ4n) is 4.15. The van der Waals surface area contributed by atoms with E-state index in [0.29, 0.717) is 60.2 Å². The van der Waals surface area contributed by atoms with Crippen molar-refractivity contribution in [3.8, 4) is 10.6 Å². The van der Waals surface area contributed by atoms with Crippen molar-refractivity contribution in [2.75, 3.05) is 19.0 Å². The van der Waals surface area contributed by atoms with E-state index in [0.717, 1.165) is 10.4 Å². The second kappa shape index (κ2) is 10.5. The van der Waals surface area contributed by atoms with Crippen LogP contribution in [0.5, 0.6) is 0 Å². The number of aliphatic hydroxyl groups is 1. The Hall–Kier alpha value is -3.37. The van der Waals surface area contributed by atoms with Crippen LogP contribution in [0, 0.1) is 12.8 Å². The van der Waals surface area contributed by atoms with E-state index in [1.54, 1.807) is 25.3 Å². The van der Waals surface area contributed by atoms with E-state index in [2.05, 4.69) is 15.3 Å². The molecule has 4 rings (SSSR count). The van der Waals surface area contributed by atoms with Gasteiger partial charge in [-0.15, -0.1) is 11.3 Å². The molecule has 0 saturated heterocycles. The Kier molecular flexibility index (Phi) is 7.42. The SMILES string of the molecule is CCOC(=O)C1CCC(O)(c2ncc(-c3cc(C)cc(Nc4cc(C(=O)OC)ccn4)n3)s2)CC1. The van der Waals surface area contributed by atoms with Gasteiger partial charge in [-0.05, 0) is 69.4 Å². The van der Waals surface area contributed by atoms with Gasteiger partial charge in [-0.2, -0.15) is 0 Å². The third-order valence-corrected chi connectivity index (χ3v) is 7.21. The van der Waals surface area contributed by atoms with Crippen molar-refractivity contribution in [2.24, 2.45) is 5.92 Å². The van der Waals surface area contributed by atoms with Gasteiger partial charge in [-0.1, -0.05) is 0 Å². The predicted octanol–water partition coefficient (Wildman–Crippen LogP) is 4.38. The van der Waals surface area contributed by atoms with Crippen LogP contribution >= 0.6 is 11.3 Å². The number of aryl methyl sites for hydroxylation is 1. The molecule has 1 aliphatic carbocycles. The largest absolute Gasteiger partial charge is 0.466 e. The Morgan fingerprint density at radius 1 is 1.20 bits per heavy atom. The van der Waals surface area contributed by atoms with E-state index in [9.17, 15) is 14.7 Å². The summed E-state index contributed by atoms with van der Waals surface area (Å²) in [6.45, 7) is 4.12. The van der Waals surface area contributed by atoms with Gasteiger partial charge in [-0.25, -0.2) is 19.7 Å². The molecule has 3 aromatic heterocycles. The van der Waals surface area contributed by atoms with Crippen LogP contribution in [0.4, 0.5) is 11.6 Å². The molecule has 1 aliphatic rings. The van der Waals surface area contributed by atoms with Crippen molar-refractivity contribution in [3.05, 3.63) is 52.8 Å². The molecule has 1 saturated carbocycles. The molecule has 3 heterocycles. The Morgan fingerprint density at radius 2 is 1.97 bits per heavy atom. The molecule has 2 N–H and O–H groups in total. The monoisotopic (exact) mass is 496 g/mol. The molecule has 0 amide bonds. The number of carbonyl (C=O) groups is 2. The molecule has 0 bridgehead atoms. The van der Waals surface area contributed by atoms with Gasteiger partial charge in [0.15, 0.2) is 0 Å². The normalized spacial score (nSPS) is 19.7. The highest BCUT2D eigenvalue weighted by Crippen LogP contribution is 2.42. The number of pyridine rings is 2. The molecule has 184 valence electrons. The Balaban J connectivity index is 1.51. The predicted molar refractivity (Wildman–Crippen MR) is 131 cm³/mol. The fourth-order valence-corrected chi connectivity index (χ4v) is 5.17. The molecule has 3 aromatic rings. The fraction of sp³-hybridized carbons (Fsp3) is 0.400. The van der Waals surface area contributed by atoms with E-state index < -0.39 is 11.6 Å². The molecule has 0 atom stereocenters. The van der Waals surface area contributed by atoms with Gasteiger partial charge < -0.3 is 19.9 Å². The standard InChI is InChI=1S/C25H28N4O5S/c1-4-34-23(31)16-5-8-25(32,9-6-16)24-27-14-19(35-24)18-11-15(2)12-21(28-18)29-20-13-17(7-10-26-20)22(30)33-3/h7,10-14,16,32H,4-6,8-9H2,1-3H3,(H,26,28,29). The van der Waals surface area contributed by atoms with Gasteiger partial charge in [0.05, 0.1) is 35.8 Å². The minimum absolute atomic E-state index is 0.173. The van der Waals surface area contributed by atoms with Crippen molar-refractivity contribution in [1.82, 2.24) is 15.0 Å². The first-order valence-electron chi connectivity index (χ1n) is 11.5. The number of esters is 2. The van der Waals surface area contributed by atoms with Crippen LogP contribution in [0.25, 0.3) is 10.6 Å². The number of nitrogens with zero attached hydrogens (tertiary/aromatic N) is 3. The maximum Gasteiger partial charge on any atom is 0.338 e. The van der Waals surface area contributed by atoms with Crippen molar-refractivity contribution >= 4 is 34.9 Å². The highest BCUT2D eigenvalue weighted by atomic mass is 32.1. The topological polar surface area (TPSA) is 124 Å². The lowest BCUT2D eigenvalue weighted by atomic mass is 9.79. The van der Waals surface area contributed by atoms with Crippen LogP contribution in [-0.2, 0) is 19.9 Å². The molecule has 0 unspecified atom stereocenters. The highest BCUT2D eigenvalue weighted by molar-refractivity contribution is 7.15. The van der Waals surface area contributed by atoms with E-state index in [1.165, 1.54) is 24.6 Å². The maximum atomic E-state index is 12.0. The number of carbonyl (C=O) groups excluding carboxylic acids is 2. The second-order valence-corrected chi connectivity index (χ2v) is 9.58. The first-order chi connectivity index (χ1) is 16.8. The molecular weight excluding hydrogens is 468 g/mol.